The first-order chi connectivity index (χ1) is 17.0. The number of carbonyl (C=O) groups excluding carboxylic acids is 1. The number of aryl methyl sites for hydroxylation is 1. The summed E-state index contributed by atoms with van der Waals surface area (Å²) < 4.78 is 12.1. The Hall–Kier alpha value is -4.07. The minimum Gasteiger partial charge on any atom is -0.485 e. The largest absolute Gasteiger partial charge is 0.485 e. The van der Waals surface area contributed by atoms with Gasteiger partial charge in [-0.25, -0.2) is 9.78 Å². The molecule has 35 heavy (non-hydrogen) atoms. The molecule has 0 spiro atoms. The third-order valence-electron chi connectivity index (χ3n) is 6.51. The fourth-order valence-corrected chi connectivity index (χ4v) is 4.54. The average Bonchev–Trinajstić information content (AvgIpc) is 2.90. The van der Waals surface area contributed by atoms with Crippen LogP contribution in [-0.2, 0) is 11.2 Å². The fraction of sp³-hybridized carbons (Fsp3) is 0.296. The molecular weight excluding hydrogens is 446 g/mol. The second kappa shape index (κ2) is 10.0. The lowest BCUT2D eigenvalue weighted by Crippen LogP contribution is -2.40. The van der Waals surface area contributed by atoms with E-state index < -0.39 is 6.09 Å². The van der Waals surface area contributed by atoms with Gasteiger partial charge in [-0.2, -0.15) is 0 Å². The van der Waals surface area contributed by atoms with E-state index in [1.165, 1.54) is 10.5 Å². The van der Waals surface area contributed by atoms with Crippen LogP contribution in [0, 0.1) is 5.92 Å². The van der Waals surface area contributed by atoms with Crippen LogP contribution in [0.4, 0.5) is 10.5 Å². The smallest absolute Gasteiger partial charge is 0.407 e. The predicted molar refractivity (Wildman–Crippen MR) is 130 cm³/mol. The number of carboxylic acid groups (broad SMARTS) is 1. The Morgan fingerprint density at radius 3 is 2.54 bits per heavy atom. The summed E-state index contributed by atoms with van der Waals surface area (Å²) >= 11 is 0. The van der Waals surface area contributed by atoms with E-state index in [4.69, 9.17) is 14.6 Å². The van der Waals surface area contributed by atoms with E-state index in [1.54, 1.807) is 18.3 Å². The lowest BCUT2D eigenvalue weighted by Gasteiger charge is -2.29. The molecule has 1 atom stereocenters. The SMILES string of the molecule is O=C(Nc1ccc(Oc2ccc3c(c2)CCC(c2ccccc2)O3)nc1)C1CCN(C(=O)O)CC1. The van der Waals surface area contributed by atoms with Crippen molar-refractivity contribution in [2.24, 2.45) is 5.92 Å². The number of ether oxygens (including phenoxy) is 2. The fourth-order valence-electron chi connectivity index (χ4n) is 4.54. The van der Waals surface area contributed by atoms with Gasteiger partial charge >= 0.3 is 6.09 Å². The molecule has 3 heterocycles. The molecule has 2 N–H and O–H groups in total. The minimum absolute atomic E-state index is 0.0598. The van der Waals surface area contributed by atoms with Gasteiger partial charge in [0.05, 0.1) is 11.9 Å². The van der Waals surface area contributed by atoms with Crippen molar-refractivity contribution in [3.05, 3.63) is 78.0 Å². The molecule has 0 aliphatic carbocycles. The van der Waals surface area contributed by atoms with Crippen LogP contribution < -0.4 is 14.8 Å². The van der Waals surface area contributed by atoms with Crippen LogP contribution in [-0.4, -0.2) is 40.1 Å². The van der Waals surface area contributed by atoms with Crippen molar-refractivity contribution >= 4 is 17.7 Å². The maximum Gasteiger partial charge on any atom is 0.407 e. The lowest BCUT2D eigenvalue weighted by atomic mass is 9.96. The highest BCUT2D eigenvalue weighted by Gasteiger charge is 2.27. The van der Waals surface area contributed by atoms with Crippen molar-refractivity contribution in [3.8, 4) is 17.4 Å². The number of likely N-dealkylation sites (tertiary alicyclic amines) is 1. The van der Waals surface area contributed by atoms with E-state index in [1.807, 2.05) is 36.4 Å². The number of pyridine rings is 1. The summed E-state index contributed by atoms with van der Waals surface area (Å²) in [6.07, 6.45) is 3.52. The van der Waals surface area contributed by atoms with E-state index in [2.05, 4.69) is 22.4 Å². The number of amides is 2. The normalized spacial score (nSPS) is 17.7. The molecule has 1 unspecified atom stereocenters. The first-order valence-electron chi connectivity index (χ1n) is 11.8. The van der Waals surface area contributed by atoms with Crippen LogP contribution in [0.3, 0.4) is 0 Å². The number of carbonyl (C=O) groups is 2. The quantitative estimate of drug-likeness (QED) is 0.524. The van der Waals surface area contributed by atoms with Crippen LogP contribution in [0.15, 0.2) is 66.9 Å². The second-order valence-electron chi connectivity index (χ2n) is 8.85. The summed E-state index contributed by atoms with van der Waals surface area (Å²) in [5.74, 6) is 1.66. The van der Waals surface area contributed by atoms with Gasteiger partial charge in [0, 0.05) is 25.1 Å². The molecule has 2 amide bonds. The Morgan fingerprint density at radius 1 is 1.03 bits per heavy atom. The molecule has 180 valence electrons. The molecule has 1 saturated heterocycles. The van der Waals surface area contributed by atoms with Gasteiger partial charge in [0.2, 0.25) is 11.8 Å². The first-order valence-corrected chi connectivity index (χ1v) is 11.8. The third-order valence-corrected chi connectivity index (χ3v) is 6.51. The van der Waals surface area contributed by atoms with Gasteiger partial charge in [0.1, 0.15) is 17.6 Å². The standard InChI is InChI=1S/C27H27N3O5/c31-26(19-12-14-30(15-13-19)27(32)33)29-21-7-11-25(28-17-21)34-22-8-10-24-20(16-22)6-9-23(35-24)18-4-2-1-3-5-18/h1-5,7-8,10-11,16-17,19,23H,6,9,12-15H2,(H,29,31)(H,32,33). The molecule has 1 fully saturated rings. The summed E-state index contributed by atoms with van der Waals surface area (Å²) in [5.41, 5.74) is 2.86. The maximum atomic E-state index is 12.5. The molecule has 1 aromatic heterocycles. The molecule has 2 aliphatic rings. The highest BCUT2D eigenvalue weighted by atomic mass is 16.5. The number of rotatable bonds is 5. The Bertz CT molecular complexity index is 1190. The molecular formula is C27H27N3O5. The number of aromatic nitrogens is 1. The zero-order valence-electron chi connectivity index (χ0n) is 19.2. The van der Waals surface area contributed by atoms with Gasteiger partial charge in [0.25, 0.3) is 0 Å². The second-order valence-corrected chi connectivity index (χ2v) is 8.85. The number of benzene rings is 2. The third kappa shape index (κ3) is 5.37. The van der Waals surface area contributed by atoms with E-state index in [0.29, 0.717) is 43.2 Å². The number of nitrogens with one attached hydrogen (secondary N) is 1. The number of anilines is 1. The molecule has 0 bridgehead atoms. The van der Waals surface area contributed by atoms with Crippen molar-refractivity contribution in [1.82, 2.24) is 9.88 Å². The molecule has 8 nitrogen and oxygen atoms in total. The Labute approximate surface area is 203 Å². The molecule has 0 radical (unpaired) electrons. The Balaban J connectivity index is 1.16. The summed E-state index contributed by atoms with van der Waals surface area (Å²) in [4.78, 5) is 29.2. The summed E-state index contributed by atoms with van der Waals surface area (Å²) in [7, 11) is 0. The highest BCUT2D eigenvalue weighted by Crippen LogP contribution is 2.37. The zero-order chi connectivity index (χ0) is 24.2. The van der Waals surface area contributed by atoms with Gasteiger partial charge < -0.3 is 24.8 Å². The molecule has 2 aromatic carbocycles. The maximum absolute atomic E-state index is 12.5. The van der Waals surface area contributed by atoms with Crippen LogP contribution in [0.2, 0.25) is 0 Å². The van der Waals surface area contributed by atoms with Gasteiger partial charge in [0.15, 0.2) is 0 Å². The van der Waals surface area contributed by atoms with Crippen LogP contribution in [0.1, 0.15) is 36.5 Å². The van der Waals surface area contributed by atoms with E-state index in [-0.39, 0.29) is 17.9 Å². The van der Waals surface area contributed by atoms with E-state index >= 15 is 0 Å². The molecule has 8 heteroatoms. The topological polar surface area (TPSA) is 101 Å². The molecule has 2 aliphatic heterocycles. The predicted octanol–water partition coefficient (Wildman–Crippen LogP) is 5.27. The number of nitrogens with zero attached hydrogens (tertiary/aromatic N) is 2. The number of fused-ring (bicyclic) bond motifs is 1. The molecule has 3 aromatic rings. The molecule has 5 rings (SSSR count). The van der Waals surface area contributed by atoms with Crippen LogP contribution in [0.5, 0.6) is 17.4 Å². The Morgan fingerprint density at radius 2 is 1.83 bits per heavy atom. The van der Waals surface area contributed by atoms with Crippen molar-refractivity contribution in [2.75, 3.05) is 18.4 Å². The Kier molecular flexibility index (Phi) is 6.52. The van der Waals surface area contributed by atoms with Crippen molar-refractivity contribution in [2.45, 2.75) is 31.8 Å². The molecule has 0 saturated carbocycles. The highest BCUT2D eigenvalue weighted by molar-refractivity contribution is 5.92. The number of hydrogen-bond acceptors (Lipinski definition) is 5. The van der Waals surface area contributed by atoms with E-state index in [0.717, 1.165) is 24.2 Å². The van der Waals surface area contributed by atoms with Crippen molar-refractivity contribution in [3.63, 3.8) is 0 Å². The summed E-state index contributed by atoms with van der Waals surface area (Å²) in [6.45, 7) is 0.744. The zero-order valence-corrected chi connectivity index (χ0v) is 19.2. The number of piperidine rings is 1. The lowest BCUT2D eigenvalue weighted by molar-refractivity contribution is -0.121. The summed E-state index contributed by atoms with van der Waals surface area (Å²) in [5, 5.41) is 11.9. The minimum atomic E-state index is -0.938. The van der Waals surface area contributed by atoms with Crippen molar-refractivity contribution in [1.29, 1.82) is 0 Å². The van der Waals surface area contributed by atoms with Gasteiger partial charge in [-0.3, -0.25) is 4.79 Å². The van der Waals surface area contributed by atoms with E-state index in [9.17, 15) is 9.59 Å². The van der Waals surface area contributed by atoms with Gasteiger partial charge in [-0.1, -0.05) is 30.3 Å². The van der Waals surface area contributed by atoms with Crippen LogP contribution in [0.25, 0.3) is 0 Å². The first kappa shape index (κ1) is 22.7. The van der Waals surface area contributed by atoms with Gasteiger partial charge in [-0.05, 0) is 61.1 Å². The van der Waals surface area contributed by atoms with Crippen LogP contribution >= 0.6 is 0 Å². The average molecular weight is 474 g/mol. The number of hydrogen-bond donors (Lipinski definition) is 2. The van der Waals surface area contributed by atoms with Crippen molar-refractivity contribution < 1.29 is 24.2 Å². The monoisotopic (exact) mass is 473 g/mol. The summed E-state index contributed by atoms with van der Waals surface area (Å²) in [6, 6.07) is 19.5. The van der Waals surface area contributed by atoms with Gasteiger partial charge in [-0.15, -0.1) is 0 Å².